The number of hydrogen-bond donors (Lipinski definition) is 1. The molecule has 0 radical (unpaired) electrons. The van der Waals surface area contributed by atoms with Crippen molar-refractivity contribution in [3.05, 3.63) is 29.3 Å². The molecule has 0 bridgehead atoms. The molecular formula is C15H22N2OS. The van der Waals surface area contributed by atoms with E-state index in [0.29, 0.717) is 4.99 Å². The average Bonchev–Trinajstić information content (AvgIpc) is 3.21. The first-order valence-electron chi connectivity index (χ1n) is 6.83. The van der Waals surface area contributed by atoms with Crippen LogP contribution in [0.25, 0.3) is 0 Å². The summed E-state index contributed by atoms with van der Waals surface area (Å²) in [6.07, 6.45) is 2.77. The molecule has 2 N–H and O–H groups in total. The van der Waals surface area contributed by atoms with Gasteiger partial charge in [0.25, 0.3) is 0 Å². The molecule has 0 aliphatic heterocycles. The molecule has 1 aliphatic rings. The summed E-state index contributed by atoms with van der Waals surface area (Å²) in [5, 5.41) is 0. The fourth-order valence-corrected chi connectivity index (χ4v) is 2.43. The quantitative estimate of drug-likeness (QED) is 0.778. The molecule has 0 atom stereocenters. The van der Waals surface area contributed by atoms with E-state index in [-0.39, 0.29) is 0 Å². The van der Waals surface area contributed by atoms with Gasteiger partial charge in [0.2, 0.25) is 0 Å². The Kier molecular flexibility index (Phi) is 4.77. The highest BCUT2D eigenvalue weighted by Gasteiger charge is 2.23. The van der Waals surface area contributed by atoms with Gasteiger partial charge in [-0.3, -0.25) is 4.90 Å². The number of nitrogens with two attached hydrogens (primary N) is 1. The Labute approximate surface area is 120 Å². The molecule has 1 aromatic rings. The summed E-state index contributed by atoms with van der Waals surface area (Å²) in [7, 11) is 1.64. The van der Waals surface area contributed by atoms with Gasteiger partial charge in [0.05, 0.1) is 12.7 Å². The molecule has 1 aromatic carbocycles. The van der Waals surface area contributed by atoms with Crippen LogP contribution >= 0.6 is 12.2 Å². The number of rotatable bonds is 7. The summed E-state index contributed by atoms with van der Waals surface area (Å²) >= 11 is 5.08. The van der Waals surface area contributed by atoms with Crippen molar-refractivity contribution in [2.75, 3.05) is 20.2 Å². The van der Waals surface area contributed by atoms with Crippen molar-refractivity contribution in [2.45, 2.75) is 26.3 Å². The van der Waals surface area contributed by atoms with Crippen molar-refractivity contribution < 1.29 is 4.74 Å². The topological polar surface area (TPSA) is 38.5 Å². The summed E-state index contributed by atoms with van der Waals surface area (Å²) in [5.41, 5.74) is 7.82. The van der Waals surface area contributed by atoms with Crippen LogP contribution in [-0.2, 0) is 6.54 Å². The van der Waals surface area contributed by atoms with Crippen LogP contribution in [0.4, 0.5) is 0 Å². The van der Waals surface area contributed by atoms with Crippen molar-refractivity contribution in [3.8, 4) is 5.75 Å². The van der Waals surface area contributed by atoms with Gasteiger partial charge in [-0.05, 0) is 43.0 Å². The Morgan fingerprint density at radius 1 is 1.47 bits per heavy atom. The van der Waals surface area contributed by atoms with Crippen molar-refractivity contribution >= 4 is 17.2 Å². The maximum atomic E-state index is 5.75. The van der Waals surface area contributed by atoms with Gasteiger partial charge in [-0.2, -0.15) is 0 Å². The fraction of sp³-hybridized carbons (Fsp3) is 0.533. The lowest BCUT2D eigenvalue weighted by Crippen LogP contribution is -2.25. The van der Waals surface area contributed by atoms with E-state index in [9.17, 15) is 0 Å². The molecule has 0 unspecified atom stereocenters. The molecule has 19 heavy (non-hydrogen) atoms. The Morgan fingerprint density at radius 2 is 2.21 bits per heavy atom. The summed E-state index contributed by atoms with van der Waals surface area (Å²) in [6, 6.07) is 6.10. The molecule has 0 heterocycles. The van der Waals surface area contributed by atoms with Crippen LogP contribution in [0.3, 0.4) is 0 Å². The number of methoxy groups -OCH3 is 1. The number of ether oxygens (including phenoxy) is 1. The fourth-order valence-electron chi connectivity index (χ4n) is 2.28. The van der Waals surface area contributed by atoms with E-state index < -0.39 is 0 Å². The minimum Gasteiger partial charge on any atom is -0.496 e. The van der Waals surface area contributed by atoms with Crippen LogP contribution in [-0.4, -0.2) is 30.1 Å². The highest BCUT2D eigenvalue weighted by molar-refractivity contribution is 7.80. The van der Waals surface area contributed by atoms with Gasteiger partial charge in [-0.15, -0.1) is 0 Å². The first-order valence-corrected chi connectivity index (χ1v) is 7.24. The smallest absolute Gasteiger partial charge is 0.129 e. The third kappa shape index (κ3) is 3.91. The Hall–Kier alpha value is -1.13. The zero-order chi connectivity index (χ0) is 13.8. The molecule has 1 aliphatic carbocycles. The molecule has 0 saturated heterocycles. The molecule has 3 nitrogen and oxygen atoms in total. The molecule has 104 valence electrons. The third-order valence-corrected chi connectivity index (χ3v) is 3.82. The number of thiocarbonyl (C=S) groups is 1. The molecule has 0 aromatic heterocycles. The largest absolute Gasteiger partial charge is 0.496 e. The van der Waals surface area contributed by atoms with E-state index >= 15 is 0 Å². The molecule has 1 saturated carbocycles. The monoisotopic (exact) mass is 278 g/mol. The zero-order valence-electron chi connectivity index (χ0n) is 11.7. The van der Waals surface area contributed by atoms with E-state index in [1.165, 1.54) is 24.9 Å². The number of benzene rings is 1. The van der Waals surface area contributed by atoms with Crippen LogP contribution < -0.4 is 10.5 Å². The van der Waals surface area contributed by atoms with Crippen LogP contribution in [0, 0.1) is 5.92 Å². The molecule has 1 fully saturated rings. The maximum Gasteiger partial charge on any atom is 0.129 e. The van der Waals surface area contributed by atoms with E-state index in [4.69, 9.17) is 22.7 Å². The van der Waals surface area contributed by atoms with Gasteiger partial charge in [0.1, 0.15) is 10.7 Å². The van der Waals surface area contributed by atoms with Crippen molar-refractivity contribution in [1.82, 2.24) is 4.90 Å². The van der Waals surface area contributed by atoms with Crippen molar-refractivity contribution in [2.24, 2.45) is 11.7 Å². The van der Waals surface area contributed by atoms with Gasteiger partial charge in [0, 0.05) is 13.1 Å². The highest BCUT2D eigenvalue weighted by atomic mass is 32.1. The van der Waals surface area contributed by atoms with Gasteiger partial charge < -0.3 is 10.5 Å². The van der Waals surface area contributed by atoms with E-state index in [2.05, 4.69) is 24.0 Å². The molecule has 0 amide bonds. The van der Waals surface area contributed by atoms with Crippen molar-refractivity contribution in [3.63, 3.8) is 0 Å². The molecule has 2 rings (SSSR count). The second-order valence-corrected chi connectivity index (χ2v) is 5.61. The second-order valence-electron chi connectivity index (χ2n) is 5.17. The molecule has 4 heteroatoms. The zero-order valence-corrected chi connectivity index (χ0v) is 12.5. The average molecular weight is 278 g/mol. The van der Waals surface area contributed by atoms with Gasteiger partial charge in [0.15, 0.2) is 0 Å². The number of hydrogen-bond acceptors (Lipinski definition) is 3. The predicted molar refractivity (Wildman–Crippen MR) is 82.6 cm³/mol. The SMILES string of the molecule is CCN(Cc1ccc(OC)c(C(N)=S)c1)CC1CC1. The summed E-state index contributed by atoms with van der Waals surface area (Å²) in [5.74, 6) is 1.66. The Balaban J connectivity index is 2.10. The minimum atomic E-state index is 0.393. The lowest BCUT2D eigenvalue weighted by molar-refractivity contribution is 0.268. The van der Waals surface area contributed by atoms with E-state index in [1.807, 2.05) is 6.07 Å². The molecule has 0 spiro atoms. The third-order valence-electron chi connectivity index (χ3n) is 3.60. The van der Waals surface area contributed by atoms with Gasteiger partial charge in [-0.25, -0.2) is 0 Å². The predicted octanol–water partition coefficient (Wildman–Crippen LogP) is 2.56. The van der Waals surface area contributed by atoms with E-state index in [1.54, 1.807) is 7.11 Å². The second kappa shape index (κ2) is 6.35. The first kappa shape index (κ1) is 14.3. The summed E-state index contributed by atoms with van der Waals surface area (Å²) in [6.45, 7) is 5.43. The lowest BCUT2D eigenvalue weighted by Gasteiger charge is -2.21. The van der Waals surface area contributed by atoms with Crippen LogP contribution in [0.2, 0.25) is 0 Å². The first-order chi connectivity index (χ1) is 9.13. The normalized spacial score (nSPS) is 14.7. The van der Waals surface area contributed by atoms with Crippen LogP contribution in [0.15, 0.2) is 18.2 Å². The summed E-state index contributed by atoms with van der Waals surface area (Å²) in [4.78, 5) is 2.87. The van der Waals surface area contributed by atoms with Crippen LogP contribution in [0.5, 0.6) is 5.75 Å². The van der Waals surface area contributed by atoms with E-state index in [0.717, 1.165) is 30.3 Å². The van der Waals surface area contributed by atoms with Gasteiger partial charge >= 0.3 is 0 Å². The molecular weight excluding hydrogens is 256 g/mol. The van der Waals surface area contributed by atoms with Gasteiger partial charge in [-0.1, -0.05) is 25.2 Å². The minimum absolute atomic E-state index is 0.393. The Bertz CT molecular complexity index is 457. The standard InChI is InChI=1S/C15H22N2OS/c1-3-17(9-11-4-5-11)10-12-6-7-14(18-2)13(8-12)15(16)19/h6-8,11H,3-5,9-10H2,1-2H3,(H2,16,19). The Morgan fingerprint density at radius 3 is 2.74 bits per heavy atom. The lowest BCUT2D eigenvalue weighted by atomic mass is 10.1. The summed E-state index contributed by atoms with van der Waals surface area (Å²) < 4.78 is 5.29. The number of nitrogens with zero attached hydrogens (tertiary/aromatic N) is 1. The van der Waals surface area contributed by atoms with Crippen molar-refractivity contribution in [1.29, 1.82) is 0 Å². The maximum absolute atomic E-state index is 5.75. The highest BCUT2D eigenvalue weighted by Crippen LogP contribution is 2.30. The van der Waals surface area contributed by atoms with Crippen LogP contribution in [0.1, 0.15) is 30.9 Å².